The Morgan fingerprint density at radius 3 is 2.70 bits per heavy atom. The summed E-state index contributed by atoms with van der Waals surface area (Å²) in [5.74, 6) is -0.469. The van der Waals surface area contributed by atoms with Crippen LogP contribution in [0.4, 0.5) is 15.8 Å². The lowest BCUT2D eigenvalue weighted by molar-refractivity contribution is -0.122. The lowest BCUT2D eigenvalue weighted by Crippen LogP contribution is -2.30. The maximum Gasteiger partial charge on any atom is 0.265 e. The fourth-order valence-corrected chi connectivity index (χ4v) is 1.64. The predicted molar refractivity (Wildman–Crippen MR) is 76.0 cm³/mol. The number of carbonyl (C=O) groups excluding carboxylic acids is 1. The molecule has 0 aliphatic carbocycles. The molecule has 1 amide bonds. The number of hydrogen-bond donors (Lipinski definition) is 2. The lowest BCUT2D eigenvalue weighted by atomic mass is 10.2. The SMILES string of the molecule is CC(Oc1cccc(F)c1)C(=O)Nc1ccccc1N. The van der Waals surface area contributed by atoms with Crippen molar-refractivity contribution < 1.29 is 13.9 Å². The number of halogens is 1. The Labute approximate surface area is 116 Å². The summed E-state index contributed by atoms with van der Waals surface area (Å²) in [5, 5.41) is 2.66. The van der Waals surface area contributed by atoms with Crippen molar-refractivity contribution in [2.45, 2.75) is 13.0 Å². The second-order valence-corrected chi connectivity index (χ2v) is 4.29. The first-order chi connectivity index (χ1) is 9.56. The van der Waals surface area contributed by atoms with Gasteiger partial charge in [-0.15, -0.1) is 0 Å². The Kier molecular flexibility index (Phi) is 4.20. The Morgan fingerprint density at radius 1 is 1.25 bits per heavy atom. The number of amides is 1. The zero-order valence-electron chi connectivity index (χ0n) is 11.0. The van der Waals surface area contributed by atoms with Gasteiger partial charge in [0.1, 0.15) is 11.6 Å². The van der Waals surface area contributed by atoms with Crippen LogP contribution in [0.2, 0.25) is 0 Å². The third kappa shape index (κ3) is 3.47. The van der Waals surface area contributed by atoms with E-state index in [9.17, 15) is 9.18 Å². The van der Waals surface area contributed by atoms with Crippen LogP contribution in [-0.2, 0) is 4.79 Å². The van der Waals surface area contributed by atoms with Crippen LogP contribution in [-0.4, -0.2) is 12.0 Å². The van der Waals surface area contributed by atoms with E-state index in [0.29, 0.717) is 17.1 Å². The van der Waals surface area contributed by atoms with Gasteiger partial charge in [-0.1, -0.05) is 18.2 Å². The molecule has 1 unspecified atom stereocenters. The highest BCUT2D eigenvalue weighted by Gasteiger charge is 2.15. The zero-order chi connectivity index (χ0) is 14.5. The monoisotopic (exact) mass is 274 g/mol. The number of nitrogens with one attached hydrogen (secondary N) is 1. The molecule has 0 heterocycles. The summed E-state index contributed by atoms with van der Waals surface area (Å²) in [6.45, 7) is 1.58. The molecule has 5 heteroatoms. The van der Waals surface area contributed by atoms with E-state index in [4.69, 9.17) is 10.5 Å². The molecule has 0 bridgehead atoms. The molecular weight excluding hydrogens is 259 g/mol. The molecule has 0 spiro atoms. The van der Waals surface area contributed by atoms with E-state index in [2.05, 4.69) is 5.32 Å². The number of nitrogens with two attached hydrogens (primary N) is 1. The Hall–Kier alpha value is -2.56. The summed E-state index contributed by atoms with van der Waals surface area (Å²) in [6.07, 6.45) is -0.767. The molecule has 0 aliphatic rings. The first-order valence-electron chi connectivity index (χ1n) is 6.14. The van der Waals surface area contributed by atoms with E-state index < -0.39 is 11.9 Å². The number of anilines is 2. The van der Waals surface area contributed by atoms with Crippen LogP contribution >= 0.6 is 0 Å². The van der Waals surface area contributed by atoms with Gasteiger partial charge in [-0.25, -0.2) is 4.39 Å². The number of benzene rings is 2. The molecule has 2 aromatic rings. The average molecular weight is 274 g/mol. The van der Waals surface area contributed by atoms with Crippen LogP contribution in [0.3, 0.4) is 0 Å². The smallest absolute Gasteiger partial charge is 0.265 e. The van der Waals surface area contributed by atoms with Crippen LogP contribution < -0.4 is 15.8 Å². The van der Waals surface area contributed by atoms with Crippen molar-refractivity contribution in [1.82, 2.24) is 0 Å². The van der Waals surface area contributed by atoms with E-state index in [1.54, 1.807) is 37.3 Å². The van der Waals surface area contributed by atoms with Gasteiger partial charge in [0.15, 0.2) is 6.10 Å². The molecular formula is C15H15FN2O2. The summed E-state index contributed by atoms with van der Waals surface area (Å²) in [7, 11) is 0. The van der Waals surface area contributed by atoms with Crippen LogP contribution in [0.5, 0.6) is 5.75 Å². The van der Waals surface area contributed by atoms with Gasteiger partial charge >= 0.3 is 0 Å². The van der Waals surface area contributed by atoms with Gasteiger partial charge < -0.3 is 15.8 Å². The first kappa shape index (κ1) is 13.9. The molecule has 4 nitrogen and oxygen atoms in total. The van der Waals surface area contributed by atoms with E-state index in [1.165, 1.54) is 18.2 Å². The van der Waals surface area contributed by atoms with Gasteiger partial charge in [-0.05, 0) is 31.2 Å². The van der Waals surface area contributed by atoms with Crippen molar-refractivity contribution in [2.24, 2.45) is 0 Å². The number of ether oxygens (including phenoxy) is 1. The summed E-state index contributed by atoms with van der Waals surface area (Å²) in [4.78, 5) is 12.0. The second-order valence-electron chi connectivity index (χ2n) is 4.29. The van der Waals surface area contributed by atoms with Crippen LogP contribution in [0, 0.1) is 5.82 Å². The molecule has 104 valence electrons. The van der Waals surface area contributed by atoms with Crippen molar-refractivity contribution in [3.8, 4) is 5.75 Å². The largest absolute Gasteiger partial charge is 0.481 e. The minimum atomic E-state index is -0.767. The highest BCUT2D eigenvalue weighted by Crippen LogP contribution is 2.18. The molecule has 0 radical (unpaired) electrons. The average Bonchev–Trinajstić information content (AvgIpc) is 2.41. The molecule has 2 aromatic carbocycles. The fraction of sp³-hybridized carbons (Fsp3) is 0.133. The maximum absolute atomic E-state index is 13.0. The van der Waals surface area contributed by atoms with Crippen LogP contribution in [0.25, 0.3) is 0 Å². The summed E-state index contributed by atoms with van der Waals surface area (Å²) in [5.41, 5.74) is 6.73. The standard InChI is InChI=1S/C15H15FN2O2/c1-10(20-12-6-4-5-11(16)9-12)15(19)18-14-8-3-2-7-13(14)17/h2-10H,17H2,1H3,(H,18,19). The van der Waals surface area contributed by atoms with Gasteiger partial charge in [-0.2, -0.15) is 0 Å². The number of carbonyl (C=O) groups is 1. The third-order valence-corrected chi connectivity index (χ3v) is 2.70. The third-order valence-electron chi connectivity index (χ3n) is 2.70. The topological polar surface area (TPSA) is 64.3 Å². The fourth-order valence-electron chi connectivity index (χ4n) is 1.64. The van der Waals surface area contributed by atoms with E-state index in [0.717, 1.165) is 0 Å². The van der Waals surface area contributed by atoms with Crippen molar-refractivity contribution in [1.29, 1.82) is 0 Å². The normalized spacial score (nSPS) is 11.7. The Balaban J connectivity index is 2.01. The van der Waals surface area contributed by atoms with Gasteiger partial charge in [0, 0.05) is 6.07 Å². The number of para-hydroxylation sites is 2. The molecule has 20 heavy (non-hydrogen) atoms. The summed E-state index contributed by atoms with van der Waals surface area (Å²) >= 11 is 0. The van der Waals surface area contributed by atoms with E-state index in [-0.39, 0.29) is 5.91 Å². The van der Waals surface area contributed by atoms with Gasteiger partial charge in [0.05, 0.1) is 11.4 Å². The Morgan fingerprint density at radius 2 is 2.00 bits per heavy atom. The van der Waals surface area contributed by atoms with Crippen molar-refractivity contribution in [3.05, 3.63) is 54.3 Å². The Bertz CT molecular complexity index is 616. The quantitative estimate of drug-likeness (QED) is 0.843. The van der Waals surface area contributed by atoms with Crippen LogP contribution in [0.15, 0.2) is 48.5 Å². The molecule has 0 fully saturated rings. The summed E-state index contributed by atoms with van der Waals surface area (Å²) in [6, 6.07) is 12.6. The second kappa shape index (κ2) is 6.06. The minimum Gasteiger partial charge on any atom is -0.481 e. The van der Waals surface area contributed by atoms with Crippen LogP contribution in [0.1, 0.15) is 6.92 Å². The van der Waals surface area contributed by atoms with Gasteiger partial charge in [-0.3, -0.25) is 4.79 Å². The molecule has 0 saturated heterocycles. The summed E-state index contributed by atoms with van der Waals surface area (Å²) < 4.78 is 18.4. The highest BCUT2D eigenvalue weighted by molar-refractivity contribution is 5.96. The minimum absolute atomic E-state index is 0.300. The first-order valence-corrected chi connectivity index (χ1v) is 6.14. The predicted octanol–water partition coefficient (Wildman–Crippen LogP) is 2.81. The van der Waals surface area contributed by atoms with Crippen molar-refractivity contribution in [2.75, 3.05) is 11.1 Å². The molecule has 0 aliphatic heterocycles. The van der Waals surface area contributed by atoms with E-state index >= 15 is 0 Å². The maximum atomic E-state index is 13.0. The molecule has 1 atom stereocenters. The van der Waals surface area contributed by atoms with Crippen molar-refractivity contribution >= 4 is 17.3 Å². The number of nitrogen functional groups attached to an aromatic ring is 1. The number of hydrogen-bond acceptors (Lipinski definition) is 3. The lowest BCUT2D eigenvalue weighted by Gasteiger charge is -2.15. The molecule has 3 N–H and O–H groups in total. The highest BCUT2D eigenvalue weighted by atomic mass is 19.1. The van der Waals surface area contributed by atoms with Gasteiger partial charge in [0.2, 0.25) is 0 Å². The molecule has 2 rings (SSSR count). The molecule has 0 saturated carbocycles. The zero-order valence-corrected chi connectivity index (χ0v) is 11.0. The van der Waals surface area contributed by atoms with Gasteiger partial charge in [0.25, 0.3) is 5.91 Å². The molecule has 0 aromatic heterocycles. The van der Waals surface area contributed by atoms with Crippen molar-refractivity contribution in [3.63, 3.8) is 0 Å². The van der Waals surface area contributed by atoms with E-state index in [1.807, 2.05) is 0 Å². The number of rotatable bonds is 4.